The number of piperidine rings is 1. The molecule has 1 N–H and O–H groups in total. The van der Waals surface area contributed by atoms with Crippen LogP contribution in [0.5, 0.6) is 0 Å². The second-order valence-electron chi connectivity index (χ2n) is 4.59. The molecule has 1 saturated heterocycles. The van der Waals surface area contributed by atoms with Crippen LogP contribution in [0.3, 0.4) is 0 Å². The summed E-state index contributed by atoms with van der Waals surface area (Å²) in [5, 5.41) is 11.0. The van der Waals surface area contributed by atoms with Gasteiger partial charge >= 0.3 is 0 Å². The van der Waals surface area contributed by atoms with Crippen molar-refractivity contribution in [1.29, 1.82) is 0 Å². The van der Waals surface area contributed by atoms with Gasteiger partial charge in [0.25, 0.3) is 0 Å². The smallest absolute Gasteiger partial charge is 0.183 e. The van der Waals surface area contributed by atoms with Gasteiger partial charge in [0.15, 0.2) is 5.78 Å². The van der Waals surface area contributed by atoms with E-state index in [1.54, 1.807) is 0 Å². The van der Waals surface area contributed by atoms with Crippen LogP contribution in [0.15, 0.2) is 12.1 Å². The Labute approximate surface area is 114 Å². The molecule has 3 nitrogen and oxygen atoms in total. The van der Waals surface area contributed by atoms with Gasteiger partial charge in [-0.25, -0.2) is 0 Å². The van der Waals surface area contributed by atoms with E-state index in [1.165, 1.54) is 11.3 Å². The minimum Gasteiger partial charge on any atom is -0.383 e. The lowest BCUT2D eigenvalue weighted by Gasteiger charge is -2.36. The summed E-state index contributed by atoms with van der Waals surface area (Å²) < 4.78 is 0. The molecule has 17 heavy (non-hydrogen) atoms. The molecule has 1 fully saturated rings. The number of thiophene rings is 1. The average molecular weight is 318 g/mol. The number of aliphatic hydroxyl groups is 1. The van der Waals surface area contributed by atoms with E-state index >= 15 is 0 Å². The van der Waals surface area contributed by atoms with Crippen LogP contribution in [-0.2, 0) is 5.60 Å². The van der Waals surface area contributed by atoms with E-state index in [2.05, 4.69) is 20.8 Å². The Morgan fingerprint density at radius 1 is 1.65 bits per heavy atom. The third-order valence-corrected chi connectivity index (χ3v) is 4.95. The molecule has 0 saturated carbocycles. The molecule has 1 aromatic heterocycles. The fourth-order valence-electron chi connectivity index (χ4n) is 2.25. The van der Waals surface area contributed by atoms with Crippen LogP contribution in [0.25, 0.3) is 0 Å². The molecule has 2 heterocycles. The molecular weight excluding hydrogens is 302 g/mol. The summed E-state index contributed by atoms with van der Waals surface area (Å²) in [7, 11) is 2.02. The highest BCUT2D eigenvalue weighted by molar-refractivity contribution is 9.09. The van der Waals surface area contributed by atoms with Crippen molar-refractivity contribution < 1.29 is 9.90 Å². The normalized spacial score (nSPS) is 26.1. The number of rotatable bonds is 3. The van der Waals surface area contributed by atoms with Crippen molar-refractivity contribution in [3.63, 3.8) is 0 Å². The second-order valence-corrected chi connectivity index (χ2v) is 6.24. The zero-order valence-corrected chi connectivity index (χ0v) is 12.2. The van der Waals surface area contributed by atoms with E-state index in [9.17, 15) is 9.90 Å². The van der Waals surface area contributed by atoms with Crippen LogP contribution in [0.4, 0.5) is 0 Å². The Balaban J connectivity index is 2.21. The highest BCUT2D eigenvalue weighted by Gasteiger charge is 2.35. The number of β-amino-alcohol motifs (C(OH)–C–C–N with tert-alkyl or cyclic N) is 1. The first-order chi connectivity index (χ1) is 8.05. The predicted octanol–water partition coefficient (Wildman–Crippen LogP) is 2.24. The molecule has 1 aromatic rings. The first-order valence-corrected chi connectivity index (χ1v) is 7.59. The summed E-state index contributed by atoms with van der Waals surface area (Å²) in [6.07, 6.45) is 1.77. The first-order valence-electron chi connectivity index (χ1n) is 5.65. The molecule has 1 unspecified atom stereocenters. The van der Waals surface area contributed by atoms with Crippen molar-refractivity contribution in [3.05, 3.63) is 21.9 Å². The Hall–Kier alpha value is -0.230. The van der Waals surface area contributed by atoms with E-state index < -0.39 is 5.60 Å². The lowest BCUT2D eigenvalue weighted by molar-refractivity contribution is -0.0247. The monoisotopic (exact) mass is 317 g/mol. The van der Waals surface area contributed by atoms with Crippen LogP contribution >= 0.6 is 27.3 Å². The van der Waals surface area contributed by atoms with Crippen LogP contribution in [0, 0.1) is 0 Å². The molecular formula is C12H16BrNO2S. The van der Waals surface area contributed by atoms with Crippen LogP contribution < -0.4 is 0 Å². The Morgan fingerprint density at radius 3 is 3.06 bits per heavy atom. The summed E-state index contributed by atoms with van der Waals surface area (Å²) in [5.74, 6) is 0.0778. The number of carbonyl (C=O) groups is 1. The van der Waals surface area contributed by atoms with E-state index in [0.717, 1.165) is 29.1 Å². The SMILES string of the molecule is CN1CCCC(O)(c2ccc(C(=O)CBr)s2)C1. The third-order valence-electron chi connectivity index (χ3n) is 3.12. The van der Waals surface area contributed by atoms with Gasteiger partial charge in [-0.05, 0) is 38.6 Å². The van der Waals surface area contributed by atoms with E-state index in [1.807, 2.05) is 19.2 Å². The van der Waals surface area contributed by atoms with Crippen LogP contribution in [0.1, 0.15) is 27.4 Å². The maximum absolute atomic E-state index is 11.5. The molecule has 0 radical (unpaired) electrons. The number of hydrogen-bond donors (Lipinski definition) is 1. The van der Waals surface area contributed by atoms with Crippen LogP contribution in [-0.4, -0.2) is 41.3 Å². The van der Waals surface area contributed by atoms with Gasteiger partial charge in [-0.1, -0.05) is 15.9 Å². The van der Waals surface area contributed by atoms with E-state index in [4.69, 9.17) is 0 Å². The second kappa shape index (κ2) is 5.18. The molecule has 1 aliphatic rings. The van der Waals surface area contributed by atoms with Crippen molar-refractivity contribution in [2.24, 2.45) is 0 Å². The standard InChI is InChI=1S/C12H16BrNO2S/c1-14-6-2-5-12(16,8-14)11-4-3-10(17-11)9(15)7-13/h3-4,16H,2,5-8H2,1H3. The fourth-order valence-corrected chi connectivity index (χ4v) is 3.79. The fraction of sp³-hybridized carbons (Fsp3) is 0.583. The maximum atomic E-state index is 11.5. The highest BCUT2D eigenvalue weighted by atomic mass is 79.9. The van der Waals surface area contributed by atoms with Gasteiger partial charge in [-0.2, -0.15) is 0 Å². The molecule has 94 valence electrons. The number of nitrogens with zero attached hydrogens (tertiary/aromatic N) is 1. The zero-order valence-electron chi connectivity index (χ0n) is 9.78. The number of carbonyl (C=O) groups excluding carboxylic acids is 1. The quantitative estimate of drug-likeness (QED) is 0.686. The predicted molar refractivity (Wildman–Crippen MR) is 73.1 cm³/mol. The summed E-state index contributed by atoms with van der Waals surface area (Å²) in [6.45, 7) is 1.68. The van der Waals surface area contributed by atoms with Crippen molar-refractivity contribution in [1.82, 2.24) is 4.90 Å². The van der Waals surface area contributed by atoms with E-state index in [0.29, 0.717) is 11.9 Å². The zero-order chi connectivity index (χ0) is 12.5. The van der Waals surface area contributed by atoms with Gasteiger partial charge < -0.3 is 10.0 Å². The molecule has 0 bridgehead atoms. The number of halogens is 1. The minimum absolute atomic E-state index is 0.0778. The molecule has 0 aromatic carbocycles. The van der Waals surface area contributed by atoms with Gasteiger partial charge in [0.05, 0.1) is 10.2 Å². The maximum Gasteiger partial charge on any atom is 0.183 e. The molecule has 2 rings (SSSR count). The number of hydrogen-bond acceptors (Lipinski definition) is 4. The van der Waals surface area contributed by atoms with Crippen molar-refractivity contribution in [2.45, 2.75) is 18.4 Å². The molecule has 0 spiro atoms. The number of Topliss-reactive ketones (excluding diaryl/α,β-unsaturated/α-hetero) is 1. The molecule has 1 aliphatic heterocycles. The number of ketones is 1. The van der Waals surface area contributed by atoms with E-state index in [-0.39, 0.29) is 5.78 Å². The molecule has 0 amide bonds. The number of likely N-dealkylation sites (N-methyl/N-ethyl adjacent to an activating group) is 1. The summed E-state index contributed by atoms with van der Waals surface area (Å²) in [5.41, 5.74) is -0.775. The van der Waals surface area contributed by atoms with Crippen molar-refractivity contribution in [3.8, 4) is 0 Å². The Kier molecular flexibility index (Phi) is 4.02. The van der Waals surface area contributed by atoms with Gasteiger partial charge in [-0.15, -0.1) is 11.3 Å². The van der Waals surface area contributed by atoms with Gasteiger partial charge in [0.1, 0.15) is 5.60 Å². The molecule has 5 heteroatoms. The largest absolute Gasteiger partial charge is 0.383 e. The average Bonchev–Trinajstić information content (AvgIpc) is 2.77. The van der Waals surface area contributed by atoms with Crippen molar-refractivity contribution in [2.75, 3.05) is 25.5 Å². The number of alkyl halides is 1. The van der Waals surface area contributed by atoms with Gasteiger partial charge in [-0.3, -0.25) is 4.79 Å². The van der Waals surface area contributed by atoms with Gasteiger partial charge in [0, 0.05) is 11.4 Å². The van der Waals surface area contributed by atoms with Crippen molar-refractivity contribution >= 4 is 33.0 Å². The summed E-state index contributed by atoms with van der Waals surface area (Å²) in [4.78, 5) is 15.3. The topological polar surface area (TPSA) is 40.5 Å². The Bertz CT molecular complexity index is 420. The molecule has 0 aliphatic carbocycles. The van der Waals surface area contributed by atoms with Gasteiger partial charge in [0.2, 0.25) is 0 Å². The third kappa shape index (κ3) is 2.78. The summed E-state index contributed by atoms with van der Waals surface area (Å²) in [6, 6.07) is 3.70. The lowest BCUT2D eigenvalue weighted by Crippen LogP contribution is -2.43. The summed E-state index contributed by atoms with van der Waals surface area (Å²) >= 11 is 4.58. The first kappa shape index (κ1) is 13.2. The lowest BCUT2D eigenvalue weighted by atomic mass is 9.92. The Morgan fingerprint density at radius 2 is 2.41 bits per heavy atom. The number of likely N-dealkylation sites (tertiary alicyclic amines) is 1. The highest BCUT2D eigenvalue weighted by Crippen LogP contribution is 2.35. The minimum atomic E-state index is -0.775. The van der Waals surface area contributed by atoms with Crippen LogP contribution in [0.2, 0.25) is 0 Å². The molecule has 1 atom stereocenters.